The number of anilines is 1. The van der Waals surface area contributed by atoms with Crippen LogP contribution in [0.1, 0.15) is 30.9 Å². The second-order valence-electron chi connectivity index (χ2n) is 5.64. The van der Waals surface area contributed by atoms with E-state index in [0.29, 0.717) is 10.0 Å². The molecule has 0 spiro atoms. The largest absolute Gasteiger partial charge is 0.297 e. The fourth-order valence-electron chi connectivity index (χ4n) is 2.71. The Morgan fingerprint density at radius 1 is 1.38 bits per heavy atom. The second kappa shape index (κ2) is 6.72. The number of nitrogens with one attached hydrogen (secondary N) is 1. The first kappa shape index (κ1) is 15.9. The number of fused-ring (bicyclic) bond motifs is 1. The number of aryl methyl sites for hydroxylation is 1. The summed E-state index contributed by atoms with van der Waals surface area (Å²) in [6.07, 6.45) is 0.920. The van der Waals surface area contributed by atoms with Gasteiger partial charge >= 0.3 is 0 Å². The van der Waals surface area contributed by atoms with Crippen molar-refractivity contribution in [3.8, 4) is 0 Å². The molecule has 4 heterocycles. The van der Waals surface area contributed by atoms with E-state index in [0.717, 1.165) is 42.5 Å². The summed E-state index contributed by atoms with van der Waals surface area (Å²) < 4.78 is 0. The number of hydrogen-bond acceptors (Lipinski definition) is 7. The molecular weight excluding hydrogens is 360 g/mol. The lowest BCUT2D eigenvalue weighted by Crippen LogP contribution is -2.29. The van der Waals surface area contributed by atoms with E-state index in [1.165, 1.54) is 16.2 Å². The Bertz CT molecular complexity index is 853. The van der Waals surface area contributed by atoms with E-state index in [2.05, 4.69) is 25.6 Å². The van der Waals surface area contributed by atoms with E-state index in [1.807, 2.05) is 24.4 Å². The topological polar surface area (TPSA) is 58.1 Å². The van der Waals surface area contributed by atoms with Crippen LogP contribution < -0.4 is 5.32 Å². The molecule has 0 saturated heterocycles. The Labute approximate surface area is 152 Å². The molecule has 0 radical (unpaired) electrons. The number of nitrogens with zero attached hydrogens (tertiary/aromatic N) is 3. The fourth-order valence-corrected chi connectivity index (χ4v) is 4.98. The fraction of sp³-hybridized carbons (Fsp3) is 0.312. The molecule has 5 nitrogen and oxygen atoms in total. The van der Waals surface area contributed by atoms with Crippen molar-refractivity contribution in [1.82, 2.24) is 14.9 Å². The zero-order valence-electron chi connectivity index (χ0n) is 13.1. The van der Waals surface area contributed by atoms with Crippen LogP contribution in [0.15, 0.2) is 22.9 Å². The van der Waals surface area contributed by atoms with Crippen LogP contribution in [0.5, 0.6) is 0 Å². The van der Waals surface area contributed by atoms with Gasteiger partial charge in [0.2, 0.25) is 0 Å². The summed E-state index contributed by atoms with van der Waals surface area (Å²) in [7, 11) is 0. The highest BCUT2D eigenvalue weighted by molar-refractivity contribution is 7.16. The summed E-state index contributed by atoms with van der Waals surface area (Å²) in [4.78, 5) is 25.6. The summed E-state index contributed by atoms with van der Waals surface area (Å²) in [5.41, 5.74) is 2.25. The van der Waals surface area contributed by atoms with Crippen LogP contribution in [0, 0.1) is 6.92 Å². The molecule has 0 saturated carbocycles. The van der Waals surface area contributed by atoms with E-state index in [9.17, 15) is 4.79 Å². The van der Waals surface area contributed by atoms with Gasteiger partial charge in [0.05, 0.1) is 21.3 Å². The summed E-state index contributed by atoms with van der Waals surface area (Å²) in [5, 5.41) is 8.76. The van der Waals surface area contributed by atoms with Gasteiger partial charge in [0, 0.05) is 36.3 Å². The molecule has 4 rings (SSSR count). The van der Waals surface area contributed by atoms with E-state index in [4.69, 9.17) is 0 Å². The van der Waals surface area contributed by atoms with Gasteiger partial charge in [0.1, 0.15) is 0 Å². The van der Waals surface area contributed by atoms with Gasteiger partial charge in [-0.3, -0.25) is 15.0 Å². The summed E-state index contributed by atoms with van der Waals surface area (Å²) in [6.45, 7) is 4.76. The molecule has 3 aromatic rings. The number of aromatic nitrogens is 2. The SMILES string of the molecule is Cc1nc(CN2CCc3nc(NC(=O)c4cccs4)sc3C2)cs1. The lowest BCUT2D eigenvalue weighted by molar-refractivity contribution is 0.103. The average Bonchev–Trinajstić information content (AvgIpc) is 3.27. The van der Waals surface area contributed by atoms with Crippen LogP contribution >= 0.6 is 34.0 Å². The molecule has 0 bridgehead atoms. The van der Waals surface area contributed by atoms with Crippen molar-refractivity contribution >= 4 is 45.0 Å². The minimum atomic E-state index is -0.0779. The third kappa shape index (κ3) is 3.41. The van der Waals surface area contributed by atoms with Gasteiger partial charge in [-0.15, -0.1) is 34.0 Å². The minimum Gasteiger partial charge on any atom is -0.297 e. The van der Waals surface area contributed by atoms with E-state index < -0.39 is 0 Å². The highest BCUT2D eigenvalue weighted by atomic mass is 32.1. The van der Waals surface area contributed by atoms with Gasteiger partial charge in [0.25, 0.3) is 5.91 Å². The third-order valence-electron chi connectivity index (χ3n) is 3.83. The average molecular weight is 377 g/mol. The smallest absolute Gasteiger partial charge is 0.267 e. The number of amides is 1. The zero-order chi connectivity index (χ0) is 16.5. The lowest BCUT2D eigenvalue weighted by Gasteiger charge is -2.24. The molecule has 0 unspecified atom stereocenters. The normalized spacial score (nSPS) is 14.5. The summed E-state index contributed by atoms with van der Waals surface area (Å²) >= 11 is 4.72. The maximum Gasteiger partial charge on any atom is 0.267 e. The highest BCUT2D eigenvalue weighted by Gasteiger charge is 2.22. The summed E-state index contributed by atoms with van der Waals surface area (Å²) in [6, 6.07) is 3.70. The number of carbonyl (C=O) groups excluding carboxylic acids is 1. The van der Waals surface area contributed by atoms with Crippen molar-refractivity contribution in [1.29, 1.82) is 0 Å². The Hall–Kier alpha value is -1.61. The van der Waals surface area contributed by atoms with Gasteiger partial charge < -0.3 is 0 Å². The molecule has 24 heavy (non-hydrogen) atoms. The molecule has 124 valence electrons. The predicted octanol–water partition coefficient (Wildman–Crippen LogP) is 3.78. The first-order valence-electron chi connectivity index (χ1n) is 7.64. The van der Waals surface area contributed by atoms with Gasteiger partial charge in [-0.2, -0.15) is 0 Å². The third-order valence-corrected chi connectivity index (χ3v) is 6.52. The Morgan fingerprint density at radius 3 is 3.04 bits per heavy atom. The van der Waals surface area contributed by atoms with Crippen molar-refractivity contribution < 1.29 is 4.79 Å². The second-order valence-corrected chi connectivity index (χ2v) is 8.73. The van der Waals surface area contributed by atoms with E-state index in [1.54, 1.807) is 22.7 Å². The van der Waals surface area contributed by atoms with Gasteiger partial charge in [-0.25, -0.2) is 9.97 Å². The standard InChI is InChI=1S/C16H16N4OS3/c1-10-17-11(9-23-10)7-20-5-4-12-14(8-20)24-16(18-12)19-15(21)13-3-2-6-22-13/h2-3,6,9H,4-5,7-8H2,1H3,(H,18,19,21). The van der Waals surface area contributed by atoms with E-state index >= 15 is 0 Å². The number of carbonyl (C=O) groups is 1. The van der Waals surface area contributed by atoms with Crippen LogP contribution in [-0.2, 0) is 19.5 Å². The van der Waals surface area contributed by atoms with Crippen molar-refractivity contribution in [2.75, 3.05) is 11.9 Å². The Balaban J connectivity index is 1.43. The minimum absolute atomic E-state index is 0.0779. The zero-order valence-corrected chi connectivity index (χ0v) is 15.6. The number of thiophene rings is 1. The molecule has 0 aromatic carbocycles. The quantitative estimate of drug-likeness (QED) is 0.753. The first-order valence-corrected chi connectivity index (χ1v) is 10.2. The Morgan fingerprint density at radius 2 is 2.29 bits per heavy atom. The van der Waals surface area contributed by atoms with Gasteiger partial charge in [-0.1, -0.05) is 6.07 Å². The molecule has 1 amide bonds. The van der Waals surface area contributed by atoms with Crippen LogP contribution in [0.3, 0.4) is 0 Å². The maximum absolute atomic E-state index is 12.1. The van der Waals surface area contributed by atoms with E-state index in [-0.39, 0.29) is 5.91 Å². The van der Waals surface area contributed by atoms with Gasteiger partial charge in [0.15, 0.2) is 5.13 Å². The maximum atomic E-state index is 12.1. The molecule has 0 atom stereocenters. The van der Waals surface area contributed by atoms with Crippen molar-refractivity contribution in [3.63, 3.8) is 0 Å². The molecule has 3 aromatic heterocycles. The molecular formula is C16H16N4OS3. The van der Waals surface area contributed by atoms with Crippen LogP contribution in [0.2, 0.25) is 0 Å². The van der Waals surface area contributed by atoms with Crippen molar-refractivity contribution in [3.05, 3.63) is 49.0 Å². The number of hydrogen-bond donors (Lipinski definition) is 1. The molecule has 0 fully saturated rings. The molecule has 8 heteroatoms. The lowest BCUT2D eigenvalue weighted by atomic mass is 10.2. The Kier molecular flexibility index (Phi) is 4.45. The van der Waals surface area contributed by atoms with Crippen LogP contribution in [0.4, 0.5) is 5.13 Å². The number of rotatable bonds is 4. The first-order chi connectivity index (χ1) is 11.7. The van der Waals surface area contributed by atoms with Crippen molar-refractivity contribution in [2.24, 2.45) is 0 Å². The monoisotopic (exact) mass is 376 g/mol. The molecule has 1 aliphatic heterocycles. The molecule has 0 aliphatic carbocycles. The van der Waals surface area contributed by atoms with Crippen LogP contribution in [0.25, 0.3) is 0 Å². The highest BCUT2D eigenvalue weighted by Crippen LogP contribution is 2.29. The van der Waals surface area contributed by atoms with Crippen molar-refractivity contribution in [2.45, 2.75) is 26.4 Å². The van der Waals surface area contributed by atoms with Gasteiger partial charge in [-0.05, 0) is 18.4 Å². The molecule has 1 N–H and O–H groups in total. The molecule has 1 aliphatic rings. The number of thiazole rings is 2. The summed E-state index contributed by atoms with van der Waals surface area (Å²) in [5.74, 6) is -0.0779. The predicted molar refractivity (Wildman–Crippen MR) is 99.1 cm³/mol. The van der Waals surface area contributed by atoms with Crippen LogP contribution in [-0.4, -0.2) is 27.3 Å².